The van der Waals surface area contributed by atoms with Crippen molar-refractivity contribution >= 4 is 0 Å². The Morgan fingerprint density at radius 2 is 1.94 bits per heavy atom. The van der Waals surface area contributed by atoms with Gasteiger partial charge in [-0.2, -0.15) is 0 Å². The van der Waals surface area contributed by atoms with E-state index in [1.165, 1.54) is 42.4 Å². The van der Waals surface area contributed by atoms with Crippen LogP contribution >= 0.6 is 0 Å². The highest BCUT2D eigenvalue weighted by Crippen LogP contribution is 2.27. The van der Waals surface area contributed by atoms with Gasteiger partial charge in [0, 0.05) is 12.6 Å². The Kier molecular flexibility index (Phi) is 4.22. The molecule has 0 aromatic heterocycles. The smallest absolute Gasteiger partial charge is 0.0210 e. The van der Waals surface area contributed by atoms with Gasteiger partial charge >= 0.3 is 0 Å². The summed E-state index contributed by atoms with van der Waals surface area (Å²) in [6.45, 7) is 7.74. The van der Waals surface area contributed by atoms with E-state index in [-0.39, 0.29) is 0 Å². The van der Waals surface area contributed by atoms with Gasteiger partial charge < -0.3 is 5.32 Å². The molecule has 0 spiro atoms. The lowest BCUT2D eigenvalue weighted by Crippen LogP contribution is -2.31. The third-order valence-corrected chi connectivity index (χ3v) is 4.22. The molecule has 1 aliphatic rings. The molecule has 94 valence electrons. The summed E-state index contributed by atoms with van der Waals surface area (Å²) in [4.78, 5) is 0. The molecule has 1 fully saturated rings. The summed E-state index contributed by atoms with van der Waals surface area (Å²) in [5.41, 5.74) is 4.21. The van der Waals surface area contributed by atoms with E-state index in [4.69, 9.17) is 0 Å². The zero-order valence-electron chi connectivity index (χ0n) is 11.4. The summed E-state index contributed by atoms with van der Waals surface area (Å²) in [5.74, 6) is 0.903. The molecule has 1 aromatic carbocycles. The van der Waals surface area contributed by atoms with E-state index < -0.39 is 0 Å². The van der Waals surface area contributed by atoms with Gasteiger partial charge in [-0.25, -0.2) is 0 Å². The lowest BCUT2D eigenvalue weighted by Gasteiger charge is -2.21. The molecule has 1 aliphatic carbocycles. The summed E-state index contributed by atoms with van der Waals surface area (Å²) < 4.78 is 0. The molecule has 0 saturated heterocycles. The van der Waals surface area contributed by atoms with E-state index in [1.54, 1.807) is 0 Å². The van der Waals surface area contributed by atoms with Crippen molar-refractivity contribution in [3.63, 3.8) is 0 Å². The van der Waals surface area contributed by atoms with Crippen molar-refractivity contribution < 1.29 is 0 Å². The molecular weight excluding hydrogens is 206 g/mol. The van der Waals surface area contributed by atoms with Crippen LogP contribution in [0.5, 0.6) is 0 Å². The minimum absolute atomic E-state index is 0.665. The third kappa shape index (κ3) is 3.32. The standard InChI is InChI=1S/C16H25N/c1-12-8-9-16(13(2)10-12)11-17-14(3)15-6-4-5-7-15/h8-10,14-15,17H,4-7,11H2,1-3H3/t14-/m0/s1. The molecule has 0 heterocycles. The Balaban J connectivity index is 1.88. The number of rotatable bonds is 4. The molecular formula is C16H25N. The second-order valence-corrected chi connectivity index (χ2v) is 5.64. The van der Waals surface area contributed by atoms with Crippen molar-refractivity contribution in [2.75, 3.05) is 0 Å². The lowest BCUT2D eigenvalue weighted by molar-refractivity contribution is 0.380. The number of hydrogen-bond donors (Lipinski definition) is 1. The van der Waals surface area contributed by atoms with Crippen LogP contribution in [0.15, 0.2) is 18.2 Å². The quantitative estimate of drug-likeness (QED) is 0.826. The van der Waals surface area contributed by atoms with Gasteiger partial charge in [0.15, 0.2) is 0 Å². The van der Waals surface area contributed by atoms with Gasteiger partial charge in [0.25, 0.3) is 0 Å². The van der Waals surface area contributed by atoms with E-state index in [1.807, 2.05) is 0 Å². The van der Waals surface area contributed by atoms with Gasteiger partial charge in [-0.15, -0.1) is 0 Å². The van der Waals surface area contributed by atoms with Crippen molar-refractivity contribution in [1.82, 2.24) is 5.32 Å². The predicted molar refractivity (Wildman–Crippen MR) is 74.2 cm³/mol. The maximum absolute atomic E-state index is 3.70. The Labute approximate surface area is 106 Å². The fourth-order valence-corrected chi connectivity index (χ4v) is 2.94. The minimum Gasteiger partial charge on any atom is -0.310 e. The van der Waals surface area contributed by atoms with Crippen LogP contribution < -0.4 is 5.32 Å². The van der Waals surface area contributed by atoms with Crippen molar-refractivity contribution in [3.05, 3.63) is 34.9 Å². The summed E-state index contributed by atoms with van der Waals surface area (Å²) in [5, 5.41) is 3.70. The second kappa shape index (κ2) is 5.68. The van der Waals surface area contributed by atoms with Crippen molar-refractivity contribution in [2.45, 2.75) is 59.0 Å². The van der Waals surface area contributed by atoms with Crippen LogP contribution in [0.4, 0.5) is 0 Å². The Morgan fingerprint density at radius 1 is 1.24 bits per heavy atom. The van der Waals surface area contributed by atoms with Gasteiger partial charge in [-0.1, -0.05) is 36.6 Å². The summed E-state index contributed by atoms with van der Waals surface area (Å²) in [7, 11) is 0. The van der Waals surface area contributed by atoms with Crippen LogP contribution in [-0.4, -0.2) is 6.04 Å². The monoisotopic (exact) mass is 231 g/mol. The maximum Gasteiger partial charge on any atom is 0.0210 e. The maximum atomic E-state index is 3.70. The van der Waals surface area contributed by atoms with Gasteiger partial charge in [-0.05, 0) is 50.7 Å². The zero-order chi connectivity index (χ0) is 12.3. The minimum atomic E-state index is 0.665. The van der Waals surface area contributed by atoms with Crippen LogP contribution in [0, 0.1) is 19.8 Å². The molecule has 2 rings (SSSR count). The molecule has 1 nitrogen and oxygen atoms in total. The van der Waals surface area contributed by atoms with E-state index in [9.17, 15) is 0 Å². The number of aryl methyl sites for hydroxylation is 2. The molecule has 1 saturated carbocycles. The van der Waals surface area contributed by atoms with Crippen LogP contribution in [-0.2, 0) is 6.54 Å². The fraction of sp³-hybridized carbons (Fsp3) is 0.625. The van der Waals surface area contributed by atoms with E-state index in [0.717, 1.165) is 12.5 Å². The van der Waals surface area contributed by atoms with E-state index in [0.29, 0.717) is 6.04 Å². The lowest BCUT2D eigenvalue weighted by atomic mass is 9.99. The highest BCUT2D eigenvalue weighted by molar-refractivity contribution is 5.30. The average molecular weight is 231 g/mol. The molecule has 17 heavy (non-hydrogen) atoms. The van der Waals surface area contributed by atoms with E-state index >= 15 is 0 Å². The summed E-state index contributed by atoms with van der Waals surface area (Å²) in [6, 6.07) is 7.42. The first kappa shape index (κ1) is 12.6. The number of benzene rings is 1. The molecule has 1 N–H and O–H groups in total. The first-order valence-corrected chi connectivity index (χ1v) is 6.96. The van der Waals surface area contributed by atoms with Crippen LogP contribution in [0.2, 0.25) is 0 Å². The van der Waals surface area contributed by atoms with Crippen molar-refractivity contribution in [3.8, 4) is 0 Å². The molecule has 0 bridgehead atoms. The molecule has 0 amide bonds. The molecule has 0 aliphatic heterocycles. The topological polar surface area (TPSA) is 12.0 Å². The highest BCUT2D eigenvalue weighted by Gasteiger charge is 2.20. The van der Waals surface area contributed by atoms with E-state index in [2.05, 4.69) is 44.3 Å². The first-order valence-electron chi connectivity index (χ1n) is 6.96. The zero-order valence-corrected chi connectivity index (χ0v) is 11.4. The number of nitrogens with one attached hydrogen (secondary N) is 1. The van der Waals surface area contributed by atoms with Gasteiger partial charge in [0.2, 0.25) is 0 Å². The molecule has 1 heteroatoms. The largest absolute Gasteiger partial charge is 0.310 e. The van der Waals surface area contributed by atoms with Crippen LogP contribution in [0.25, 0.3) is 0 Å². The molecule has 1 aromatic rings. The Hall–Kier alpha value is -0.820. The summed E-state index contributed by atoms with van der Waals surface area (Å²) in [6.07, 6.45) is 5.70. The fourth-order valence-electron chi connectivity index (χ4n) is 2.94. The third-order valence-electron chi connectivity index (χ3n) is 4.22. The normalized spacial score (nSPS) is 18.5. The second-order valence-electron chi connectivity index (χ2n) is 5.64. The molecule has 1 atom stereocenters. The average Bonchev–Trinajstić information content (AvgIpc) is 2.81. The Morgan fingerprint density at radius 3 is 2.59 bits per heavy atom. The summed E-state index contributed by atoms with van der Waals surface area (Å²) >= 11 is 0. The van der Waals surface area contributed by atoms with Crippen molar-refractivity contribution in [2.24, 2.45) is 5.92 Å². The molecule has 0 unspecified atom stereocenters. The predicted octanol–water partition coefficient (Wildman–Crippen LogP) is 3.97. The van der Waals surface area contributed by atoms with Gasteiger partial charge in [-0.3, -0.25) is 0 Å². The Bertz CT molecular complexity index is 364. The highest BCUT2D eigenvalue weighted by atomic mass is 14.9. The molecule has 0 radical (unpaired) electrons. The SMILES string of the molecule is Cc1ccc(CN[C@@H](C)C2CCCC2)c(C)c1. The first-order chi connectivity index (χ1) is 8.16. The van der Waals surface area contributed by atoms with Gasteiger partial charge in [0.1, 0.15) is 0 Å². The van der Waals surface area contributed by atoms with Crippen LogP contribution in [0.1, 0.15) is 49.3 Å². The van der Waals surface area contributed by atoms with Crippen molar-refractivity contribution in [1.29, 1.82) is 0 Å². The van der Waals surface area contributed by atoms with Crippen LogP contribution in [0.3, 0.4) is 0 Å². The number of hydrogen-bond acceptors (Lipinski definition) is 1. The van der Waals surface area contributed by atoms with Gasteiger partial charge in [0.05, 0.1) is 0 Å².